The first-order chi connectivity index (χ1) is 16.3. The van der Waals surface area contributed by atoms with Crippen LogP contribution < -0.4 is 0 Å². The maximum Gasteiger partial charge on any atom is 0.339 e. The van der Waals surface area contributed by atoms with Crippen molar-refractivity contribution in [2.24, 2.45) is 17.8 Å². The average molecular weight is 492 g/mol. The summed E-state index contributed by atoms with van der Waals surface area (Å²) < 4.78 is 0. The molecule has 1 aromatic carbocycles. The number of benzene rings is 1. The van der Waals surface area contributed by atoms with Crippen molar-refractivity contribution in [2.45, 2.75) is 37.6 Å². The normalized spacial score (nSPS) is 32.7. The number of fused-ring (bicyclic) bond motifs is 2. The van der Waals surface area contributed by atoms with Gasteiger partial charge in [0.05, 0.1) is 35.2 Å². The number of allylic oxidation sites excluding steroid dienone is 2. The molecule has 0 amide bonds. The maximum absolute atomic E-state index is 13.5. The summed E-state index contributed by atoms with van der Waals surface area (Å²) in [5.41, 5.74) is -2.78. The van der Waals surface area contributed by atoms with Gasteiger partial charge < -0.3 is 46.0 Å². The Labute approximate surface area is 197 Å². The highest BCUT2D eigenvalue weighted by Gasteiger charge is 2.51. The van der Waals surface area contributed by atoms with Crippen LogP contribution >= 0.6 is 0 Å². The van der Waals surface area contributed by atoms with Gasteiger partial charge in [-0.3, -0.25) is 9.59 Å². The van der Waals surface area contributed by atoms with Crippen molar-refractivity contribution in [1.29, 1.82) is 0 Å². The molecule has 3 aliphatic carbocycles. The number of aromatic hydroxyl groups is 3. The minimum atomic E-state index is -1.81. The van der Waals surface area contributed by atoms with Gasteiger partial charge in [0.2, 0.25) is 0 Å². The zero-order valence-electron chi connectivity index (χ0n) is 18.3. The Balaban J connectivity index is 1.94. The quantitative estimate of drug-likeness (QED) is 0.191. The third-order valence-electron chi connectivity index (χ3n) is 7.32. The molecule has 0 heterocycles. The second-order valence-corrected chi connectivity index (χ2v) is 9.11. The minimum Gasteiger partial charge on any atom is -0.507 e. The molecular formula is C23H24O12. The standard InChI is InChI=1S/C23H24O12/c1-5-10-8(3-9(25)11(5)23(34)35)16(27)13-14(18(10)29)19(30)12(20(31)21(13)32)7-2-6(4-24)15(26)22(33)17(7)28/h3,6-8,10,15,17,22,24-26,28,30-33H,2,4H2,1H3,(H,34,35)/t6-,7?,8?,10?,15-,17+,22+/m1/s1. The summed E-state index contributed by atoms with van der Waals surface area (Å²) in [6.07, 6.45) is -4.55. The van der Waals surface area contributed by atoms with E-state index in [-0.39, 0.29) is 12.0 Å². The van der Waals surface area contributed by atoms with E-state index in [2.05, 4.69) is 0 Å². The SMILES string of the molecule is CC1=C(C(=O)O)C(O)=CC2C(=O)c3c(O)c(O)c(C4C[C@H](CO)[C@@H](O)[C@H](O)[C@H]4O)c(O)c3C(=O)C12. The fourth-order valence-corrected chi connectivity index (χ4v) is 5.52. The predicted molar refractivity (Wildman–Crippen MR) is 114 cm³/mol. The number of ketones is 2. The number of carbonyl (C=O) groups is 3. The van der Waals surface area contributed by atoms with E-state index in [1.54, 1.807) is 0 Å². The molecule has 1 fully saturated rings. The number of Topliss-reactive ketones (excluding diaryl/α,β-unsaturated/α-hetero) is 2. The monoisotopic (exact) mass is 492 g/mol. The van der Waals surface area contributed by atoms with E-state index in [0.29, 0.717) is 0 Å². The zero-order valence-corrected chi connectivity index (χ0v) is 18.3. The number of aliphatic carboxylic acids is 1. The Kier molecular flexibility index (Phi) is 5.88. The molecule has 7 atom stereocenters. The first-order valence-corrected chi connectivity index (χ1v) is 10.7. The second kappa shape index (κ2) is 8.34. The molecule has 0 saturated heterocycles. The van der Waals surface area contributed by atoms with Gasteiger partial charge in [-0.1, -0.05) is 0 Å². The number of rotatable bonds is 3. The Hall–Kier alpha value is -3.45. The van der Waals surface area contributed by atoms with Crippen molar-refractivity contribution >= 4 is 17.5 Å². The van der Waals surface area contributed by atoms with Crippen LogP contribution in [0.1, 0.15) is 45.5 Å². The summed E-state index contributed by atoms with van der Waals surface area (Å²) in [6, 6.07) is 0. The molecule has 1 saturated carbocycles. The van der Waals surface area contributed by atoms with Crippen LogP contribution in [0.15, 0.2) is 23.0 Å². The summed E-state index contributed by atoms with van der Waals surface area (Å²) in [4.78, 5) is 38.3. The Morgan fingerprint density at radius 1 is 0.914 bits per heavy atom. The molecule has 3 unspecified atom stereocenters. The van der Waals surface area contributed by atoms with Gasteiger partial charge in [-0.15, -0.1) is 0 Å². The molecular weight excluding hydrogens is 468 g/mol. The molecule has 4 rings (SSSR count). The van der Waals surface area contributed by atoms with Crippen molar-refractivity contribution in [3.05, 3.63) is 39.7 Å². The van der Waals surface area contributed by atoms with Gasteiger partial charge in [0, 0.05) is 24.0 Å². The first-order valence-electron chi connectivity index (χ1n) is 10.7. The predicted octanol–water partition coefficient (Wildman–Crippen LogP) is -0.550. The minimum absolute atomic E-state index is 0.156. The van der Waals surface area contributed by atoms with E-state index in [9.17, 15) is 60.3 Å². The first kappa shape index (κ1) is 24.7. The smallest absolute Gasteiger partial charge is 0.339 e. The maximum atomic E-state index is 13.5. The summed E-state index contributed by atoms with van der Waals surface area (Å²) in [7, 11) is 0. The second-order valence-electron chi connectivity index (χ2n) is 9.11. The molecule has 0 aliphatic heterocycles. The third-order valence-corrected chi connectivity index (χ3v) is 7.32. The number of hydrogen-bond acceptors (Lipinski definition) is 11. The van der Waals surface area contributed by atoms with E-state index >= 15 is 0 Å². The number of aliphatic hydroxyl groups excluding tert-OH is 5. The van der Waals surface area contributed by atoms with Crippen molar-refractivity contribution in [2.75, 3.05) is 6.61 Å². The van der Waals surface area contributed by atoms with Crippen LogP contribution in [0.4, 0.5) is 0 Å². The largest absolute Gasteiger partial charge is 0.507 e. The van der Waals surface area contributed by atoms with E-state index in [0.717, 1.165) is 6.08 Å². The van der Waals surface area contributed by atoms with Crippen LogP contribution in [-0.4, -0.2) is 88.4 Å². The molecule has 12 heteroatoms. The van der Waals surface area contributed by atoms with Gasteiger partial charge in [-0.25, -0.2) is 4.79 Å². The number of aliphatic hydroxyl groups is 5. The number of hydrogen-bond donors (Lipinski definition) is 9. The summed E-state index contributed by atoms with van der Waals surface area (Å²) in [5.74, 6) is -12.6. The molecule has 3 aliphatic rings. The van der Waals surface area contributed by atoms with Crippen LogP contribution in [0.2, 0.25) is 0 Å². The number of carbonyl (C=O) groups excluding carboxylic acids is 2. The average Bonchev–Trinajstić information content (AvgIpc) is 2.79. The van der Waals surface area contributed by atoms with Crippen molar-refractivity contribution in [3.63, 3.8) is 0 Å². The molecule has 0 radical (unpaired) electrons. The number of phenols is 3. The van der Waals surface area contributed by atoms with E-state index in [4.69, 9.17) is 0 Å². The van der Waals surface area contributed by atoms with Crippen molar-refractivity contribution in [1.82, 2.24) is 0 Å². The van der Waals surface area contributed by atoms with Gasteiger partial charge >= 0.3 is 5.97 Å². The fourth-order valence-electron chi connectivity index (χ4n) is 5.52. The summed E-state index contributed by atoms with van der Waals surface area (Å²) in [5, 5.41) is 92.3. The lowest BCUT2D eigenvalue weighted by atomic mass is 9.65. The van der Waals surface area contributed by atoms with Gasteiger partial charge in [-0.2, -0.15) is 0 Å². The molecule has 1 aromatic rings. The summed E-state index contributed by atoms with van der Waals surface area (Å²) in [6.45, 7) is 0.603. The lowest BCUT2D eigenvalue weighted by Crippen LogP contribution is -2.51. The third kappa shape index (κ3) is 3.32. The van der Waals surface area contributed by atoms with E-state index in [1.165, 1.54) is 6.92 Å². The Morgan fingerprint density at radius 3 is 2.09 bits per heavy atom. The Bertz CT molecular complexity index is 1210. The van der Waals surface area contributed by atoms with E-state index in [1.807, 2.05) is 0 Å². The molecule has 0 aromatic heterocycles. The van der Waals surface area contributed by atoms with Crippen LogP contribution in [-0.2, 0) is 4.79 Å². The topological polar surface area (TPSA) is 233 Å². The molecule has 12 nitrogen and oxygen atoms in total. The van der Waals surface area contributed by atoms with Crippen LogP contribution in [0.5, 0.6) is 17.2 Å². The number of carboxylic acid groups (broad SMARTS) is 1. The molecule has 0 spiro atoms. The number of carboxylic acids is 1. The molecule has 35 heavy (non-hydrogen) atoms. The lowest BCUT2D eigenvalue weighted by Gasteiger charge is -2.41. The van der Waals surface area contributed by atoms with Gasteiger partial charge in [0.15, 0.2) is 23.1 Å². The molecule has 9 N–H and O–H groups in total. The van der Waals surface area contributed by atoms with Crippen molar-refractivity contribution in [3.8, 4) is 17.2 Å². The van der Waals surface area contributed by atoms with Gasteiger partial charge in [0.1, 0.15) is 23.2 Å². The van der Waals surface area contributed by atoms with Gasteiger partial charge in [0.25, 0.3) is 0 Å². The fraction of sp³-hybridized carbons (Fsp3) is 0.435. The highest BCUT2D eigenvalue weighted by atomic mass is 16.4. The van der Waals surface area contributed by atoms with Crippen molar-refractivity contribution < 1.29 is 60.3 Å². The molecule has 188 valence electrons. The number of phenolic OH excluding ortho intramolecular Hbond substituents is 3. The van der Waals surface area contributed by atoms with Crippen LogP contribution in [0.25, 0.3) is 0 Å². The van der Waals surface area contributed by atoms with Crippen LogP contribution in [0.3, 0.4) is 0 Å². The Morgan fingerprint density at radius 2 is 1.51 bits per heavy atom. The highest BCUT2D eigenvalue weighted by Crippen LogP contribution is 2.54. The molecule has 0 bridgehead atoms. The highest BCUT2D eigenvalue weighted by molar-refractivity contribution is 6.21. The summed E-state index contributed by atoms with van der Waals surface area (Å²) >= 11 is 0. The zero-order chi connectivity index (χ0) is 26.1. The van der Waals surface area contributed by atoms with E-state index < -0.39 is 111 Å². The van der Waals surface area contributed by atoms with Crippen LogP contribution in [0, 0.1) is 17.8 Å². The lowest BCUT2D eigenvalue weighted by molar-refractivity contribution is -0.132. The van der Waals surface area contributed by atoms with Gasteiger partial charge in [-0.05, 0) is 25.0 Å².